The molecule has 0 spiro atoms. The Bertz CT molecular complexity index is 269. The fraction of sp³-hybridized carbons (Fsp3) is 0.833. The number of nitrogens with zero attached hydrogens (tertiary/aromatic N) is 1. The number of carbonyl (C=O) groups excluding carboxylic acids is 1. The summed E-state index contributed by atoms with van der Waals surface area (Å²) in [6.45, 7) is 0.759. The maximum atomic E-state index is 10.9. The predicted molar refractivity (Wildman–Crippen MR) is 46.9 cm³/mol. The van der Waals surface area contributed by atoms with Crippen LogP contribution in [0.4, 0.5) is 0 Å². The van der Waals surface area contributed by atoms with Crippen molar-refractivity contribution < 1.29 is 13.2 Å². The van der Waals surface area contributed by atoms with Crippen molar-refractivity contribution in [1.29, 1.82) is 0 Å². The molecule has 7 heteroatoms. The standard InChI is InChI=1S/C6H13N3O3S/c7-13(11,12)9-3-1-6(2-4-9)8-5-10/h5-6H,1-4H2,(H,8,10)(H2,7,11,12). The molecular formula is C6H13N3O3S. The van der Waals surface area contributed by atoms with Gasteiger partial charge in [0.1, 0.15) is 0 Å². The molecule has 0 bridgehead atoms. The van der Waals surface area contributed by atoms with Gasteiger partial charge in [-0.15, -0.1) is 0 Å². The molecule has 0 atom stereocenters. The van der Waals surface area contributed by atoms with Gasteiger partial charge < -0.3 is 5.32 Å². The van der Waals surface area contributed by atoms with E-state index in [0.717, 1.165) is 0 Å². The van der Waals surface area contributed by atoms with Crippen LogP contribution in [0.5, 0.6) is 0 Å². The minimum Gasteiger partial charge on any atom is -0.356 e. The van der Waals surface area contributed by atoms with Gasteiger partial charge in [-0.05, 0) is 12.8 Å². The third-order valence-electron chi connectivity index (χ3n) is 2.12. The molecule has 1 rings (SSSR count). The minimum absolute atomic E-state index is 0.0792. The van der Waals surface area contributed by atoms with Gasteiger partial charge in [-0.2, -0.15) is 12.7 Å². The molecule has 1 saturated heterocycles. The number of piperidine rings is 1. The van der Waals surface area contributed by atoms with E-state index in [9.17, 15) is 13.2 Å². The van der Waals surface area contributed by atoms with Gasteiger partial charge in [0, 0.05) is 19.1 Å². The van der Waals surface area contributed by atoms with Crippen molar-refractivity contribution >= 4 is 16.6 Å². The van der Waals surface area contributed by atoms with Gasteiger partial charge in [-0.25, -0.2) is 5.14 Å². The molecule has 1 heterocycles. The van der Waals surface area contributed by atoms with Crippen molar-refractivity contribution in [1.82, 2.24) is 9.62 Å². The lowest BCUT2D eigenvalue weighted by molar-refractivity contribution is -0.110. The maximum Gasteiger partial charge on any atom is 0.276 e. The molecule has 0 saturated carbocycles. The Kier molecular flexibility index (Phi) is 3.23. The predicted octanol–water partition coefficient (Wildman–Crippen LogP) is -1.60. The van der Waals surface area contributed by atoms with E-state index < -0.39 is 10.2 Å². The summed E-state index contributed by atoms with van der Waals surface area (Å²) in [4.78, 5) is 10.1. The lowest BCUT2D eigenvalue weighted by Crippen LogP contribution is -2.46. The summed E-state index contributed by atoms with van der Waals surface area (Å²) in [5.74, 6) is 0. The Morgan fingerprint density at radius 3 is 2.31 bits per heavy atom. The van der Waals surface area contributed by atoms with Crippen molar-refractivity contribution in [3.05, 3.63) is 0 Å². The van der Waals surface area contributed by atoms with Crippen LogP contribution in [0.1, 0.15) is 12.8 Å². The van der Waals surface area contributed by atoms with Crippen molar-refractivity contribution in [3.63, 3.8) is 0 Å². The quantitative estimate of drug-likeness (QED) is 0.546. The van der Waals surface area contributed by atoms with Gasteiger partial charge in [0.25, 0.3) is 10.2 Å². The Labute approximate surface area is 77.3 Å². The van der Waals surface area contributed by atoms with Crippen molar-refractivity contribution in [3.8, 4) is 0 Å². The van der Waals surface area contributed by atoms with Crippen LogP contribution < -0.4 is 10.5 Å². The fourth-order valence-corrected chi connectivity index (χ4v) is 2.09. The summed E-state index contributed by atoms with van der Waals surface area (Å²) >= 11 is 0. The summed E-state index contributed by atoms with van der Waals surface area (Å²) in [6, 6.07) is 0.0792. The lowest BCUT2D eigenvalue weighted by atomic mass is 10.1. The Balaban J connectivity index is 2.43. The van der Waals surface area contributed by atoms with Crippen LogP contribution >= 0.6 is 0 Å². The second-order valence-corrected chi connectivity index (χ2v) is 4.55. The van der Waals surface area contributed by atoms with Gasteiger partial charge in [0.2, 0.25) is 6.41 Å². The number of amides is 1. The molecule has 0 aromatic heterocycles. The Hall–Kier alpha value is -0.660. The van der Waals surface area contributed by atoms with E-state index in [2.05, 4.69) is 5.32 Å². The zero-order valence-electron chi connectivity index (χ0n) is 7.14. The number of hydrogen-bond donors (Lipinski definition) is 2. The molecule has 0 aromatic carbocycles. The van der Waals surface area contributed by atoms with Gasteiger partial charge in [-0.1, -0.05) is 0 Å². The molecule has 76 valence electrons. The van der Waals surface area contributed by atoms with Crippen LogP contribution in [0.25, 0.3) is 0 Å². The molecule has 1 fully saturated rings. The lowest BCUT2D eigenvalue weighted by Gasteiger charge is -2.29. The van der Waals surface area contributed by atoms with Crippen LogP contribution in [0.2, 0.25) is 0 Å². The van der Waals surface area contributed by atoms with Crippen LogP contribution in [-0.4, -0.2) is 38.3 Å². The fourth-order valence-electron chi connectivity index (χ4n) is 1.37. The highest BCUT2D eigenvalue weighted by atomic mass is 32.2. The second-order valence-electron chi connectivity index (χ2n) is 3.00. The first-order chi connectivity index (χ1) is 6.04. The average molecular weight is 207 g/mol. The average Bonchev–Trinajstić information content (AvgIpc) is 2.04. The monoisotopic (exact) mass is 207 g/mol. The summed E-state index contributed by atoms with van der Waals surface area (Å²) in [6.07, 6.45) is 1.88. The van der Waals surface area contributed by atoms with Gasteiger partial charge in [0.15, 0.2) is 0 Å². The summed E-state index contributed by atoms with van der Waals surface area (Å²) in [5, 5.41) is 7.55. The van der Waals surface area contributed by atoms with Crippen LogP contribution in [0.3, 0.4) is 0 Å². The van der Waals surface area contributed by atoms with Crippen LogP contribution in [0, 0.1) is 0 Å². The van der Waals surface area contributed by atoms with E-state index in [0.29, 0.717) is 32.3 Å². The van der Waals surface area contributed by atoms with E-state index >= 15 is 0 Å². The highest BCUT2D eigenvalue weighted by molar-refractivity contribution is 7.86. The molecule has 1 aliphatic heterocycles. The third-order valence-corrected chi connectivity index (χ3v) is 3.20. The van der Waals surface area contributed by atoms with E-state index in [1.165, 1.54) is 4.31 Å². The molecule has 1 amide bonds. The minimum atomic E-state index is -3.55. The second kappa shape index (κ2) is 4.03. The summed E-state index contributed by atoms with van der Waals surface area (Å²) < 4.78 is 22.9. The van der Waals surface area contributed by atoms with Gasteiger partial charge in [-0.3, -0.25) is 4.79 Å². The zero-order valence-corrected chi connectivity index (χ0v) is 7.96. The van der Waals surface area contributed by atoms with E-state index in [-0.39, 0.29) is 6.04 Å². The van der Waals surface area contributed by atoms with Crippen molar-refractivity contribution in [2.75, 3.05) is 13.1 Å². The van der Waals surface area contributed by atoms with E-state index in [1.54, 1.807) is 0 Å². The molecule has 0 radical (unpaired) electrons. The number of nitrogens with one attached hydrogen (secondary N) is 1. The number of hydrogen-bond acceptors (Lipinski definition) is 3. The smallest absolute Gasteiger partial charge is 0.276 e. The largest absolute Gasteiger partial charge is 0.356 e. The third kappa shape index (κ3) is 2.94. The Morgan fingerprint density at radius 1 is 1.38 bits per heavy atom. The zero-order chi connectivity index (χ0) is 9.90. The highest BCUT2D eigenvalue weighted by Crippen LogP contribution is 2.11. The topological polar surface area (TPSA) is 92.5 Å². The SMILES string of the molecule is NS(=O)(=O)N1CCC(NC=O)CC1. The van der Waals surface area contributed by atoms with E-state index in [4.69, 9.17) is 5.14 Å². The molecule has 1 aliphatic rings. The molecular weight excluding hydrogens is 194 g/mol. The molecule has 0 unspecified atom stereocenters. The van der Waals surface area contributed by atoms with Crippen LogP contribution in [0.15, 0.2) is 0 Å². The molecule has 13 heavy (non-hydrogen) atoms. The van der Waals surface area contributed by atoms with Crippen molar-refractivity contribution in [2.24, 2.45) is 5.14 Å². The van der Waals surface area contributed by atoms with Gasteiger partial charge in [0.05, 0.1) is 0 Å². The maximum absolute atomic E-state index is 10.9. The first kappa shape index (κ1) is 10.4. The number of rotatable bonds is 3. The summed E-state index contributed by atoms with van der Waals surface area (Å²) in [7, 11) is -3.55. The molecule has 3 N–H and O–H groups in total. The summed E-state index contributed by atoms with van der Waals surface area (Å²) in [5.41, 5.74) is 0. The van der Waals surface area contributed by atoms with Crippen LogP contribution in [-0.2, 0) is 15.0 Å². The number of nitrogens with two attached hydrogens (primary N) is 1. The molecule has 0 aromatic rings. The first-order valence-corrected chi connectivity index (χ1v) is 5.52. The molecule has 6 nitrogen and oxygen atoms in total. The van der Waals surface area contributed by atoms with E-state index in [1.807, 2.05) is 0 Å². The highest BCUT2D eigenvalue weighted by Gasteiger charge is 2.24. The number of carbonyl (C=O) groups is 1. The Morgan fingerprint density at radius 2 is 1.92 bits per heavy atom. The first-order valence-electron chi connectivity index (χ1n) is 4.01. The van der Waals surface area contributed by atoms with Gasteiger partial charge >= 0.3 is 0 Å². The molecule has 0 aliphatic carbocycles. The van der Waals surface area contributed by atoms with Crippen molar-refractivity contribution in [2.45, 2.75) is 18.9 Å². The normalized spacial score (nSPS) is 21.3.